The Hall–Kier alpha value is -0.830. The second-order valence-electron chi connectivity index (χ2n) is 7.05. The smallest absolute Gasteiger partial charge is 0.145 e. The van der Waals surface area contributed by atoms with E-state index in [0.717, 1.165) is 25.3 Å². The maximum Gasteiger partial charge on any atom is 0.145 e. The van der Waals surface area contributed by atoms with Crippen molar-refractivity contribution in [3.8, 4) is 0 Å². The molecular formula is C15H26N2O. The predicted molar refractivity (Wildman–Crippen MR) is 73.7 cm³/mol. The molecule has 3 nitrogen and oxygen atoms in total. The number of nitrogens with zero attached hydrogens (tertiary/aromatic N) is 1. The molecule has 0 radical (unpaired) electrons. The number of nitrogens with one attached hydrogen (secondary N) is 1. The molecule has 18 heavy (non-hydrogen) atoms. The van der Waals surface area contributed by atoms with Gasteiger partial charge >= 0.3 is 0 Å². The van der Waals surface area contributed by atoms with Crippen molar-refractivity contribution in [3.63, 3.8) is 0 Å². The summed E-state index contributed by atoms with van der Waals surface area (Å²) >= 11 is 0. The van der Waals surface area contributed by atoms with Crippen LogP contribution in [0.25, 0.3) is 0 Å². The van der Waals surface area contributed by atoms with Crippen molar-refractivity contribution in [3.05, 3.63) is 17.5 Å². The van der Waals surface area contributed by atoms with Gasteiger partial charge in [-0.15, -0.1) is 0 Å². The highest BCUT2D eigenvalue weighted by molar-refractivity contribution is 5.22. The molecule has 1 aliphatic rings. The van der Waals surface area contributed by atoms with Gasteiger partial charge in [0.05, 0.1) is 6.20 Å². The fourth-order valence-electron chi connectivity index (χ4n) is 2.90. The Balaban J connectivity index is 2.15. The van der Waals surface area contributed by atoms with Gasteiger partial charge in [-0.1, -0.05) is 39.3 Å². The molecule has 1 aromatic rings. The highest BCUT2D eigenvalue weighted by Gasteiger charge is 2.30. The molecular weight excluding hydrogens is 224 g/mol. The SMILES string of the molecule is CC(C)(C)c1oncc1C[C@]1(C)CCCCNC1. The van der Waals surface area contributed by atoms with E-state index in [1.165, 1.54) is 24.8 Å². The maximum atomic E-state index is 5.48. The maximum absolute atomic E-state index is 5.48. The van der Waals surface area contributed by atoms with Gasteiger partial charge in [0.15, 0.2) is 0 Å². The molecule has 1 atom stereocenters. The van der Waals surface area contributed by atoms with Crippen molar-refractivity contribution < 1.29 is 4.52 Å². The lowest BCUT2D eigenvalue weighted by atomic mass is 9.78. The summed E-state index contributed by atoms with van der Waals surface area (Å²) in [7, 11) is 0. The Kier molecular flexibility index (Phi) is 3.81. The summed E-state index contributed by atoms with van der Waals surface area (Å²) in [6.45, 7) is 11.2. The van der Waals surface area contributed by atoms with E-state index < -0.39 is 0 Å². The average molecular weight is 250 g/mol. The third kappa shape index (κ3) is 3.14. The van der Waals surface area contributed by atoms with Crippen LogP contribution >= 0.6 is 0 Å². The van der Waals surface area contributed by atoms with E-state index in [-0.39, 0.29) is 5.41 Å². The molecule has 2 heterocycles. The predicted octanol–water partition coefficient (Wildman–Crippen LogP) is 3.29. The number of aromatic nitrogens is 1. The van der Waals surface area contributed by atoms with Crippen molar-refractivity contribution in [1.82, 2.24) is 10.5 Å². The second kappa shape index (κ2) is 5.04. The van der Waals surface area contributed by atoms with E-state index in [9.17, 15) is 0 Å². The summed E-state index contributed by atoms with van der Waals surface area (Å²) in [5.74, 6) is 1.05. The summed E-state index contributed by atoms with van der Waals surface area (Å²) < 4.78 is 5.48. The molecule has 102 valence electrons. The Labute approximate surface area is 110 Å². The van der Waals surface area contributed by atoms with Gasteiger partial charge < -0.3 is 9.84 Å². The lowest BCUT2D eigenvalue weighted by Crippen LogP contribution is -2.32. The molecule has 0 bridgehead atoms. The van der Waals surface area contributed by atoms with Crippen LogP contribution in [0.4, 0.5) is 0 Å². The molecule has 1 N–H and O–H groups in total. The third-order valence-electron chi connectivity index (χ3n) is 3.88. The molecule has 1 aromatic heterocycles. The fourth-order valence-corrected chi connectivity index (χ4v) is 2.90. The Morgan fingerprint density at radius 2 is 2.17 bits per heavy atom. The van der Waals surface area contributed by atoms with Gasteiger partial charge in [0.1, 0.15) is 5.76 Å². The minimum Gasteiger partial charge on any atom is -0.361 e. The van der Waals surface area contributed by atoms with E-state index >= 15 is 0 Å². The first-order valence-electron chi connectivity index (χ1n) is 7.05. The Morgan fingerprint density at radius 3 is 2.89 bits per heavy atom. The lowest BCUT2D eigenvalue weighted by molar-refractivity contribution is 0.284. The standard InChI is InChI=1S/C15H26N2O/c1-14(2,3)13-12(10-17-18-13)9-15(4)7-5-6-8-16-11-15/h10,16H,5-9,11H2,1-4H3/t15-/m0/s1. The van der Waals surface area contributed by atoms with Crippen molar-refractivity contribution in [1.29, 1.82) is 0 Å². The summed E-state index contributed by atoms with van der Waals surface area (Å²) in [6, 6.07) is 0. The molecule has 1 aliphatic heterocycles. The van der Waals surface area contributed by atoms with Crippen LogP contribution in [0, 0.1) is 5.41 Å². The van der Waals surface area contributed by atoms with Crippen molar-refractivity contribution in [2.45, 2.75) is 58.8 Å². The lowest BCUT2D eigenvalue weighted by Gasteiger charge is -2.28. The largest absolute Gasteiger partial charge is 0.361 e. The molecule has 0 saturated carbocycles. The van der Waals surface area contributed by atoms with Crippen LogP contribution in [-0.2, 0) is 11.8 Å². The molecule has 0 spiro atoms. The van der Waals surface area contributed by atoms with Crippen molar-refractivity contribution >= 4 is 0 Å². The first-order chi connectivity index (χ1) is 8.41. The van der Waals surface area contributed by atoms with Crippen LogP contribution < -0.4 is 5.32 Å². The average Bonchev–Trinajstić information content (AvgIpc) is 2.60. The van der Waals surface area contributed by atoms with Crippen LogP contribution in [0.5, 0.6) is 0 Å². The summed E-state index contributed by atoms with van der Waals surface area (Å²) in [6.07, 6.45) is 6.88. The van der Waals surface area contributed by atoms with Gasteiger partial charge in [0.2, 0.25) is 0 Å². The van der Waals surface area contributed by atoms with Crippen LogP contribution in [0.1, 0.15) is 58.3 Å². The summed E-state index contributed by atoms with van der Waals surface area (Å²) in [5, 5.41) is 7.57. The monoisotopic (exact) mass is 250 g/mol. The molecule has 1 fully saturated rings. The highest BCUT2D eigenvalue weighted by atomic mass is 16.5. The van der Waals surface area contributed by atoms with E-state index in [1.54, 1.807) is 0 Å². The van der Waals surface area contributed by atoms with Gasteiger partial charge in [-0.25, -0.2) is 0 Å². The first kappa shape index (κ1) is 13.6. The zero-order chi connectivity index (χ0) is 13.2. The van der Waals surface area contributed by atoms with Crippen molar-refractivity contribution in [2.75, 3.05) is 13.1 Å². The van der Waals surface area contributed by atoms with E-state index in [0.29, 0.717) is 5.41 Å². The second-order valence-corrected chi connectivity index (χ2v) is 7.05. The molecule has 3 heteroatoms. The van der Waals surface area contributed by atoms with Crippen LogP contribution in [0.3, 0.4) is 0 Å². The molecule has 0 amide bonds. The minimum absolute atomic E-state index is 0.0420. The van der Waals surface area contributed by atoms with Crippen molar-refractivity contribution in [2.24, 2.45) is 5.41 Å². The fraction of sp³-hybridized carbons (Fsp3) is 0.800. The molecule has 1 saturated heterocycles. The van der Waals surface area contributed by atoms with Gasteiger partial charge in [-0.3, -0.25) is 0 Å². The van der Waals surface area contributed by atoms with Gasteiger partial charge in [0.25, 0.3) is 0 Å². The molecule has 0 unspecified atom stereocenters. The van der Waals surface area contributed by atoms with Crippen LogP contribution in [0.2, 0.25) is 0 Å². The summed E-state index contributed by atoms with van der Waals surface area (Å²) in [5.41, 5.74) is 1.66. The van der Waals surface area contributed by atoms with E-state index in [1.807, 2.05) is 6.20 Å². The molecule has 0 aromatic carbocycles. The Morgan fingerprint density at radius 1 is 1.39 bits per heavy atom. The highest BCUT2D eigenvalue weighted by Crippen LogP contribution is 2.34. The number of hydrogen-bond acceptors (Lipinski definition) is 3. The third-order valence-corrected chi connectivity index (χ3v) is 3.88. The Bertz CT molecular complexity index is 381. The minimum atomic E-state index is 0.0420. The first-order valence-corrected chi connectivity index (χ1v) is 7.05. The summed E-state index contributed by atoms with van der Waals surface area (Å²) in [4.78, 5) is 0. The molecule has 0 aliphatic carbocycles. The topological polar surface area (TPSA) is 38.1 Å². The van der Waals surface area contributed by atoms with E-state index in [2.05, 4.69) is 38.2 Å². The van der Waals surface area contributed by atoms with Crippen LogP contribution in [0.15, 0.2) is 10.7 Å². The molecule has 2 rings (SSSR count). The normalized spacial score (nSPS) is 26.0. The van der Waals surface area contributed by atoms with Crippen LogP contribution in [-0.4, -0.2) is 18.2 Å². The zero-order valence-electron chi connectivity index (χ0n) is 12.2. The number of hydrogen-bond donors (Lipinski definition) is 1. The van der Waals surface area contributed by atoms with Gasteiger partial charge in [-0.2, -0.15) is 0 Å². The van der Waals surface area contributed by atoms with E-state index in [4.69, 9.17) is 4.52 Å². The number of rotatable bonds is 2. The van der Waals surface area contributed by atoms with Gasteiger partial charge in [-0.05, 0) is 31.2 Å². The van der Waals surface area contributed by atoms with Gasteiger partial charge in [0, 0.05) is 17.5 Å². The quantitative estimate of drug-likeness (QED) is 0.875. The zero-order valence-corrected chi connectivity index (χ0v) is 12.2.